The average molecular weight is 306 g/mol. The van der Waals surface area contributed by atoms with Crippen LogP contribution in [0.3, 0.4) is 0 Å². The largest absolute Gasteiger partial charge is 0.497 e. The Morgan fingerprint density at radius 2 is 2.00 bits per heavy atom. The fraction of sp³-hybridized carbons (Fsp3) is 0.143. The van der Waals surface area contributed by atoms with Crippen molar-refractivity contribution in [1.82, 2.24) is 9.97 Å². The number of ether oxygens (including phenoxy) is 1. The van der Waals surface area contributed by atoms with Gasteiger partial charge in [0.05, 0.1) is 7.11 Å². The van der Waals surface area contributed by atoms with Crippen molar-refractivity contribution in [2.45, 2.75) is 6.54 Å². The molecule has 0 amide bonds. The molecule has 0 spiro atoms. The van der Waals surface area contributed by atoms with Gasteiger partial charge in [0, 0.05) is 11.9 Å². The van der Waals surface area contributed by atoms with Gasteiger partial charge in [-0.05, 0) is 29.1 Å². The Bertz CT molecular complexity index is 727. The lowest BCUT2D eigenvalue weighted by Gasteiger charge is -2.06. The summed E-state index contributed by atoms with van der Waals surface area (Å²) in [5, 5.41) is 6.51. The highest BCUT2D eigenvalue weighted by molar-refractivity contribution is 7.16. The molecular formula is C14H12ClN3OS. The van der Waals surface area contributed by atoms with Gasteiger partial charge in [-0.3, -0.25) is 0 Å². The quantitative estimate of drug-likeness (QED) is 0.741. The molecule has 0 saturated heterocycles. The van der Waals surface area contributed by atoms with Gasteiger partial charge in [0.2, 0.25) is 5.95 Å². The lowest BCUT2D eigenvalue weighted by atomic mass is 10.2. The van der Waals surface area contributed by atoms with E-state index in [0.717, 1.165) is 21.5 Å². The molecule has 0 unspecified atom stereocenters. The Kier molecular flexibility index (Phi) is 3.71. The van der Waals surface area contributed by atoms with Crippen molar-refractivity contribution in [3.05, 3.63) is 46.4 Å². The topological polar surface area (TPSA) is 47.0 Å². The van der Waals surface area contributed by atoms with Crippen molar-refractivity contribution in [2.24, 2.45) is 0 Å². The van der Waals surface area contributed by atoms with Gasteiger partial charge in [-0.1, -0.05) is 23.7 Å². The van der Waals surface area contributed by atoms with Gasteiger partial charge in [0.25, 0.3) is 0 Å². The summed E-state index contributed by atoms with van der Waals surface area (Å²) < 4.78 is 5.13. The number of anilines is 1. The molecule has 3 aromatic rings. The number of nitrogens with one attached hydrogen (secondary N) is 1. The van der Waals surface area contributed by atoms with Crippen LogP contribution in [0.4, 0.5) is 5.95 Å². The zero-order chi connectivity index (χ0) is 13.9. The standard InChI is InChI=1S/C14H12ClN3OS/c1-19-10-4-2-9(3-5-10)8-16-14-17-12(15)11-6-7-20-13(11)18-14/h2-7H,8H2,1H3,(H,16,17,18). The lowest BCUT2D eigenvalue weighted by molar-refractivity contribution is 0.414. The summed E-state index contributed by atoms with van der Waals surface area (Å²) in [5.74, 6) is 1.38. The Morgan fingerprint density at radius 3 is 2.75 bits per heavy atom. The van der Waals surface area contributed by atoms with Crippen molar-refractivity contribution < 1.29 is 4.74 Å². The Morgan fingerprint density at radius 1 is 1.20 bits per heavy atom. The van der Waals surface area contributed by atoms with E-state index in [9.17, 15) is 0 Å². The van der Waals surface area contributed by atoms with Gasteiger partial charge in [0.1, 0.15) is 15.7 Å². The molecule has 1 aromatic carbocycles. The van der Waals surface area contributed by atoms with Gasteiger partial charge in [-0.2, -0.15) is 0 Å². The Labute approximate surface area is 125 Å². The van der Waals surface area contributed by atoms with Crippen LogP contribution in [0.1, 0.15) is 5.56 Å². The van der Waals surface area contributed by atoms with Crippen molar-refractivity contribution in [3.63, 3.8) is 0 Å². The van der Waals surface area contributed by atoms with Crippen LogP contribution in [0.25, 0.3) is 10.2 Å². The predicted octanol–water partition coefficient (Wildman–Crippen LogP) is 3.97. The molecule has 0 bridgehead atoms. The third kappa shape index (κ3) is 2.69. The van der Waals surface area contributed by atoms with E-state index < -0.39 is 0 Å². The maximum Gasteiger partial charge on any atom is 0.225 e. The summed E-state index contributed by atoms with van der Waals surface area (Å²) in [5.41, 5.74) is 1.12. The zero-order valence-electron chi connectivity index (χ0n) is 10.8. The highest BCUT2D eigenvalue weighted by atomic mass is 35.5. The molecule has 2 heterocycles. The summed E-state index contributed by atoms with van der Waals surface area (Å²) in [7, 11) is 1.65. The molecule has 0 radical (unpaired) electrons. The van der Waals surface area contributed by atoms with Gasteiger partial charge >= 0.3 is 0 Å². The number of aromatic nitrogens is 2. The van der Waals surface area contributed by atoms with Crippen LogP contribution in [0.2, 0.25) is 5.15 Å². The molecule has 6 heteroatoms. The highest BCUT2D eigenvalue weighted by Crippen LogP contribution is 2.26. The SMILES string of the molecule is COc1ccc(CNc2nc(Cl)c3ccsc3n2)cc1. The first-order valence-corrected chi connectivity index (χ1v) is 7.29. The third-order valence-corrected chi connectivity index (χ3v) is 3.98. The van der Waals surface area contributed by atoms with Crippen molar-refractivity contribution in [3.8, 4) is 5.75 Å². The number of rotatable bonds is 4. The third-order valence-electron chi connectivity index (χ3n) is 2.89. The first-order valence-electron chi connectivity index (χ1n) is 6.04. The summed E-state index contributed by atoms with van der Waals surface area (Å²) >= 11 is 7.67. The number of fused-ring (bicyclic) bond motifs is 1. The number of methoxy groups -OCH3 is 1. The van der Waals surface area contributed by atoms with Crippen molar-refractivity contribution in [1.29, 1.82) is 0 Å². The van der Waals surface area contributed by atoms with E-state index in [2.05, 4.69) is 15.3 Å². The second-order valence-electron chi connectivity index (χ2n) is 4.18. The second-order valence-corrected chi connectivity index (χ2v) is 5.43. The zero-order valence-corrected chi connectivity index (χ0v) is 12.3. The van der Waals surface area contributed by atoms with Crippen LogP contribution in [0.15, 0.2) is 35.7 Å². The smallest absolute Gasteiger partial charge is 0.225 e. The van der Waals surface area contributed by atoms with E-state index in [1.807, 2.05) is 35.7 Å². The van der Waals surface area contributed by atoms with Crippen molar-refractivity contribution >= 4 is 39.1 Å². The first-order chi connectivity index (χ1) is 9.76. The van der Waals surface area contributed by atoms with Crippen LogP contribution < -0.4 is 10.1 Å². The Hall–Kier alpha value is -1.85. The molecule has 0 fully saturated rings. The molecule has 0 aliphatic rings. The van der Waals surface area contributed by atoms with E-state index in [1.165, 1.54) is 0 Å². The fourth-order valence-corrected chi connectivity index (χ4v) is 2.88. The van der Waals surface area contributed by atoms with Gasteiger partial charge < -0.3 is 10.1 Å². The van der Waals surface area contributed by atoms with Crippen LogP contribution in [-0.2, 0) is 6.54 Å². The molecular weight excluding hydrogens is 294 g/mol. The van der Waals surface area contributed by atoms with Gasteiger partial charge in [-0.25, -0.2) is 9.97 Å². The highest BCUT2D eigenvalue weighted by Gasteiger charge is 2.06. The fourth-order valence-electron chi connectivity index (χ4n) is 1.82. The molecule has 102 valence electrons. The maximum atomic E-state index is 6.12. The lowest BCUT2D eigenvalue weighted by Crippen LogP contribution is -2.03. The summed E-state index contributed by atoms with van der Waals surface area (Å²) in [6.07, 6.45) is 0. The maximum absolute atomic E-state index is 6.12. The molecule has 0 aliphatic heterocycles. The summed E-state index contributed by atoms with van der Waals surface area (Å²) in [6, 6.07) is 9.77. The van der Waals surface area contributed by atoms with E-state index in [-0.39, 0.29) is 0 Å². The van der Waals surface area contributed by atoms with E-state index >= 15 is 0 Å². The van der Waals surface area contributed by atoms with E-state index in [4.69, 9.17) is 16.3 Å². The normalized spacial score (nSPS) is 10.7. The molecule has 0 atom stereocenters. The molecule has 0 saturated carbocycles. The Balaban J connectivity index is 1.75. The van der Waals surface area contributed by atoms with Crippen LogP contribution in [0, 0.1) is 0 Å². The number of benzene rings is 1. The first kappa shape index (κ1) is 13.1. The molecule has 20 heavy (non-hydrogen) atoms. The number of hydrogen-bond donors (Lipinski definition) is 1. The summed E-state index contributed by atoms with van der Waals surface area (Å²) in [4.78, 5) is 9.57. The van der Waals surface area contributed by atoms with Crippen LogP contribution >= 0.6 is 22.9 Å². The van der Waals surface area contributed by atoms with E-state index in [0.29, 0.717) is 17.6 Å². The second kappa shape index (κ2) is 5.64. The van der Waals surface area contributed by atoms with Crippen molar-refractivity contribution in [2.75, 3.05) is 12.4 Å². The molecule has 1 N–H and O–H groups in total. The van der Waals surface area contributed by atoms with Gasteiger partial charge in [-0.15, -0.1) is 11.3 Å². The van der Waals surface area contributed by atoms with E-state index in [1.54, 1.807) is 18.4 Å². The minimum atomic E-state index is 0.480. The van der Waals surface area contributed by atoms with Gasteiger partial charge in [0.15, 0.2) is 0 Å². The number of hydrogen-bond acceptors (Lipinski definition) is 5. The average Bonchev–Trinajstić information content (AvgIpc) is 2.94. The monoisotopic (exact) mass is 305 g/mol. The molecule has 2 aromatic heterocycles. The minimum Gasteiger partial charge on any atom is -0.497 e. The minimum absolute atomic E-state index is 0.480. The number of nitrogens with zero attached hydrogens (tertiary/aromatic N) is 2. The number of halogens is 1. The molecule has 4 nitrogen and oxygen atoms in total. The van der Waals surface area contributed by atoms with Crippen LogP contribution in [0.5, 0.6) is 5.75 Å². The predicted molar refractivity (Wildman–Crippen MR) is 82.7 cm³/mol. The summed E-state index contributed by atoms with van der Waals surface area (Å²) in [6.45, 7) is 0.636. The molecule has 0 aliphatic carbocycles. The number of thiophene rings is 1. The molecule has 3 rings (SSSR count). The van der Waals surface area contributed by atoms with Crippen LogP contribution in [-0.4, -0.2) is 17.1 Å².